The van der Waals surface area contributed by atoms with E-state index in [9.17, 15) is 4.79 Å². The Kier molecular flexibility index (Phi) is 3.17. The number of hydrogen-bond acceptors (Lipinski definition) is 2. The fourth-order valence-corrected chi connectivity index (χ4v) is 2.38. The van der Waals surface area contributed by atoms with Crippen LogP contribution in [0.4, 0.5) is 0 Å². The standard InChI is InChI=1S/C17H14N2O/c1-12(20)19-18-11-17-15-8-4-2-6-13(15)10-14-7-3-5-9-16(14)17/h2-11H,1H3,(H,19,20)/b18-11+. The number of nitrogens with one attached hydrogen (secondary N) is 1. The molecule has 0 aliphatic rings. The van der Waals surface area contributed by atoms with E-state index in [0.717, 1.165) is 27.1 Å². The third-order valence-electron chi connectivity index (χ3n) is 3.23. The quantitative estimate of drug-likeness (QED) is 0.429. The van der Waals surface area contributed by atoms with Crippen LogP contribution >= 0.6 is 0 Å². The summed E-state index contributed by atoms with van der Waals surface area (Å²) in [5.74, 6) is -0.175. The van der Waals surface area contributed by atoms with E-state index in [1.165, 1.54) is 6.92 Å². The highest BCUT2D eigenvalue weighted by molar-refractivity contribution is 6.13. The molecule has 1 N–H and O–H groups in total. The minimum atomic E-state index is -0.175. The van der Waals surface area contributed by atoms with Crippen LogP contribution in [0.1, 0.15) is 12.5 Å². The summed E-state index contributed by atoms with van der Waals surface area (Å²) in [6.45, 7) is 1.44. The maximum absolute atomic E-state index is 10.9. The SMILES string of the molecule is CC(=O)N/N=C/c1c2ccccc2cc2ccccc12. The fraction of sp³-hybridized carbons (Fsp3) is 0.0588. The first kappa shape index (κ1) is 12.4. The van der Waals surface area contributed by atoms with Crippen molar-refractivity contribution in [1.29, 1.82) is 0 Å². The highest BCUT2D eigenvalue weighted by Crippen LogP contribution is 2.27. The topological polar surface area (TPSA) is 41.5 Å². The number of hydrogen-bond donors (Lipinski definition) is 1. The Morgan fingerprint density at radius 2 is 1.55 bits per heavy atom. The van der Waals surface area contributed by atoms with Gasteiger partial charge in [-0.25, -0.2) is 5.43 Å². The largest absolute Gasteiger partial charge is 0.274 e. The first-order chi connectivity index (χ1) is 9.75. The van der Waals surface area contributed by atoms with Crippen LogP contribution in [0.2, 0.25) is 0 Å². The van der Waals surface area contributed by atoms with Crippen LogP contribution < -0.4 is 5.43 Å². The van der Waals surface area contributed by atoms with Crippen LogP contribution in [-0.2, 0) is 4.79 Å². The molecule has 0 radical (unpaired) electrons. The first-order valence-corrected chi connectivity index (χ1v) is 6.46. The van der Waals surface area contributed by atoms with Gasteiger partial charge in [0.25, 0.3) is 0 Å². The van der Waals surface area contributed by atoms with Gasteiger partial charge < -0.3 is 0 Å². The van der Waals surface area contributed by atoms with Gasteiger partial charge in [0.1, 0.15) is 0 Å². The highest BCUT2D eigenvalue weighted by atomic mass is 16.2. The molecule has 3 heteroatoms. The minimum absolute atomic E-state index is 0.175. The second kappa shape index (κ2) is 5.13. The number of carbonyl (C=O) groups excluding carboxylic acids is 1. The van der Waals surface area contributed by atoms with Gasteiger partial charge in [0.05, 0.1) is 6.21 Å². The molecule has 0 aliphatic heterocycles. The van der Waals surface area contributed by atoms with Crippen molar-refractivity contribution < 1.29 is 4.79 Å². The van der Waals surface area contributed by atoms with Crippen LogP contribution in [0.3, 0.4) is 0 Å². The van der Waals surface area contributed by atoms with E-state index >= 15 is 0 Å². The van der Waals surface area contributed by atoms with Gasteiger partial charge in [-0.2, -0.15) is 5.10 Å². The highest BCUT2D eigenvalue weighted by Gasteiger charge is 2.05. The first-order valence-electron chi connectivity index (χ1n) is 6.46. The van der Waals surface area contributed by atoms with Crippen molar-refractivity contribution in [2.24, 2.45) is 5.10 Å². The summed E-state index contributed by atoms with van der Waals surface area (Å²) in [6, 6.07) is 18.5. The molecule has 0 aromatic heterocycles. The molecule has 0 aliphatic carbocycles. The summed E-state index contributed by atoms with van der Waals surface area (Å²) < 4.78 is 0. The average molecular weight is 262 g/mol. The van der Waals surface area contributed by atoms with Crippen molar-refractivity contribution in [2.75, 3.05) is 0 Å². The monoisotopic (exact) mass is 262 g/mol. The molecule has 0 bridgehead atoms. The molecule has 0 spiro atoms. The van der Waals surface area contributed by atoms with Gasteiger partial charge >= 0.3 is 0 Å². The third kappa shape index (κ3) is 2.26. The number of fused-ring (bicyclic) bond motifs is 2. The lowest BCUT2D eigenvalue weighted by Gasteiger charge is -2.07. The van der Waals surface area contributed by atoms with E-state index in [4.69, 9.17) is 0 Å². The molecule has 0 saturated heterocycles. The number of amides is 1. The van der Waals surface area contributed by atoms with Gasteiger partial charge in [0, 0.05) is 12.5 Å². The molecule has 1 amide bonds. The van der Waals surface area contributed by atoms with Crippen LogP contribution in [0.5, 0.6) is 0 Å². The number of benzene rings is 3. The molecular weight excluding hydrogens is 248 g/mol. The fourth-order valence-electron chi connectivity index (χ4n) is 2.38. The molecule has 3 aromatic carbocycles. The summed E-state index contributed by atoms with van der Waals surface area (Å²) >= 11 is 0. The van der Waals surface area contributed by atoms with Crippen molar-refractivity contribution in [2.45, 2.75) is 6.92 Å². The Morgan fingerprint density at radius 3 is 2.10 bits per heavy atom. The van der Waals surface area contributed by atoms with E-state index in [2.05, 4.69) is 40.9 Å². The molecule has 0 heterocycles. The van der Waals surface area contributed by atoms with E-state index in [1.54, 1.807) is 6.21 Å². The lowest BCUT2D eigenvalue weighted by Crippen LogP contribution is -2.12. The summed E-state index contributed by atoms with van der Waals surface area (Å²) in [4.78, 5) is 10.9. The lowest BCUT2D eigenvalue weighted by atomic mass is 9.97. The Morgan fingerprint density at radius 1 is 1.00 bits per heavy atom. The van der Waals surface area contributed by atoms with Gasteiger partial charge in [-0.3, -0.25) is 4.79 Å². The van der Waals surface area contributed by atoms with Crippen LogP contribution in [0.25, 0.3) is 21.5 Å². The summed E-state index contributed by atoms with van der Waals surface area (Å²) in [6.07, 6.45) is 1.71. The molecule has 3 aromatic rings. The van der Waals surface area contributed by atoms with Gasteiger partial charge in [0.2, 0.25) is 5.91 Å². The maximum Gasteiger partial charge on any atom is 0.236 e. The van der Waals surface area contributed by atoms with Crippen molar-refractivity contribution in [3.63, 3.8) is 0 Å². The lowest BCUT2D eigenvalue weighted by molar-refractivity contribution is -0.118. The van der Waals surface area contributed by atoms with E-state index in [1.807, 2.05) is 24.3 Å². The van der Waals surface area contributed by atoms with Crippen molar-refractivity contribution in [3.05, 3.63) is 60.2 Å². The maximum atomic E-state index is 10.9. The Balaban J connectivity index is 2.27. The summed E-state index contributed by atoms with van der Waals surface area (Å²) in [5, 5.41) is 8.59. The van der Waals surface area contributed by atoms with Crippen molar-refractivity contribution in [1.82, 2.24) is 5.43 Å². The predicted molar refractivity (Wildman–Crippen MR) is 82.9 cm³/mol. The predicted octanol–water partition coefficient (Wildman–Crippen LogP) is 3.46. The Labute approximate surface area is 116 Å². The van der Waals surface area contributed by atoms with Gasteiger partial charge in [0.15, 0.2) is 0 Å². The second-order valence-corrected chi connectivity index (χ2v) is 4.66. The zero-order chi connectivity index (χ0) is 13.9. The molecule has 3 rings (SSSR count). The number of rotatable bonds is 2. The number of hydrazone groups is 1. The molecule has 0 atom stereocenters. The van der Waals surface area contributed by atoms with Crippen LogP contribution in [0, 0.1) is 0 Å². The molecular formula is C17H14N2O. The normalized spacial score (nSPS) is 11.2. The molecule has 0 saturated carbocycles. The van der Waals surface area contributed by atoms with Gasteiger partial charge in [-0.15, -0.1) is 0 Å². The van der Waals surface area contributed by atoms with Crippen LogP contribution in [0.15, 0.2) is 59.7 Å². The molecule has 3 nitrogen and oxygen atoms in total. The van der Waals surface area contributed by atoms with E-state index < -0.39 is 0 Å². The van der Waals surface area contributed by atoms with Crippen LogP contribution in [-0.4, -0.2) is 12.1 Å². The molecule has 98 valence electrons. The van der Waals surface area contributed by atoms with Crippen molar-refractivity contribution >= 4 is 33.7 Å². The third-order valence-corrected chi connectivity index (χ3v) is 3.23. The number of nitrogens with zero attached hydrogens (tertiary/aromatic N) is 1. The van der Waals surface area contributed by atoms with Gasteiger partial charge in [-0.05, 0) is 27.6 Å². The average Bonchev–Trinajstić information content (AvgIpc) is 2.46. The zero-order valence-electron chi connectivity index (χ0n) is 11.1. The molecule has 20 heavy (non-hydrogen) atoms. The number of carbonyl (C=O) groups is 1. The molecule has 0 fully saturated rings. The second-order valence-electron chi connectivity index (χ2n) is 4.66. The summed E-state index contributed by atoms with van der Waals surface area (Å²) in [7, 11) is 0. The Hall–Kier alpha value is -2.68. The van der Waals surface area contributed by atoms with E-state index in [-0.39, 0.29) is 5.91 Å². The Bertz CT molecular complexity index is 767. The van der Waals surface area contributed by atoms with Gasteiger partial charge in [-0.1, -0.05) is 48.5 Å². The minimum Gasteiger partial charge on any atom is -0.274 e. The zero-order valence-corrected chi connectivity index (χ0v) is 11.1. The van der Waals surface area contributed by atoms with E-state index in [0.29, 0.717) is 0 Å². The smallest absolute Gasteiger partial charge is 0.236 e. The summed E-state index contributed by atoms with van der Waals surface area (Å²) in [5.41, 5.74) is 3.47. The molecule has 0 unspecified atom stereocenters. The van der Waals surface area contributed by atoms with Crippen molar-refractivity contribution in [3.8, 4) is 0 Å².